The van der Waals surface area contributed by atoms with Crippen molar-refractivity contribution in [2.75, 3.05) is 13.1 Å². The Morgan fingerprint density at radius 3 is 2.76 bits per heavy atom. The highest BCUT2D eigenvalue weighted by Gasteiger charge is 2.24. The van der Waals surface area contributed by atoms with Gasteiger partial charge in [0.15, 0.2) is 5.76 Å². The number of H-pyrrole nitrogens is 1. The van der Waals surface area contributed by atoms with Gasteiger partial charge in [-0.05, 0) is 62.3 Å². The summed E-state index contributed by atoms with van der Waals surface area (Å²) in [4.78, 5) is 31.7. The average Bonchev–Trinajstić information content (AvgIpc) is 3.82. The first-order valence-corrected chi connectivity index (χ1v) is 15.5. The number of aromatic nitrogens is 5. The van der Waals surface area contributed by atoms with Gasteiger partial charge in [0.25, 0.3) is 0 Å². The van der Waals surface area contributed by atoms with Gasteiger partial charge >= 0.3 is 5.76 Å². The van der Waals surface area contributed by atoms with E-state index in [-0.39, 0.29) is 18.1 Å². The lowest BCUT2D eigenvalue weighted by atomic mass is 9.93. The van der Waals surface area contributed by atoms with Crippen LogP contribution in [-0.4, -0.2) is 42.5 Å². The maximum absolute atomic E-state index is 14.3. The lowest BCUT2D eigenvalue weighted by Crippen LogP contribution is -2.33. The Kier molecular flexibility index (Phi) is 7.94. The van der Waals surface area contributed by atoms with Crippen molar-refractivity contribution in [2.24, 2.45) is 0 Å². The topological polar surface area (TPSA) is 126 Å². The summed E-state index contributed by atoms with van der Waals surface area (Å²) in [5.74, 6) is 1.24. The summed E-state index contributed by atoms with van der Waals surface area (Å²) >= 11 is 1.61. The monoisotopic (exact) mass is 621 g/mol. The number of nitriles is 1. The number of imidazole rings is 1. The molecule has 1 aliphatic rings. The van der Waals surface area contributed by atoms with Gasteiger partial charge in [0.05, 0.1) is 47.5 Å². The zero-order chi connectivity index (χ0) is 30.8. The first-order valence-electron chi connectivity index (χ1n) is 14.6. The fourth-order valence-electron chi connectivity index (χ4n) is 5.74. The van der Waals surface area contributed by atoms with Crippen molar-refractivity contribution in [3.8, 4) is 23.3 Å². The number of aromatic amines is 1. The van der Waals surface area contributed by atoms with E-state index in [1.165, 1.54) is 6.07 Å². The van der Waals surface area contributed by atoms with Crippen LogP contribution >= 0.6 is 11.3 Å². The van der Waals surface area contributed by atoms with Crippen molar-refractivity contribution in [2.45, 2.75) is 38.5 Å². The minimum absolute atomic E-state index is 0.0378. The van der Waals surface area contributed by atoms with Crippen LogP contribution in [-0.2, 0) is 19.7 Å². The number of nitrogens with one attached hydrogen (secondary N) is 1. The molecule has 0 saturated carbocycles. The van der Waals surface area contributed by atoms with Gasteiger partial charge in [0.2, 0.25) is 5.88 Å². The highest BCUT2D eigenvalue weighted by Crippen LogP contribution is 2.30. The molecule has 7 rings (SSSR count). The van der Waals surface area contributed by atoms with E-state index in [1.807, 2.05) is 48.1 Å². The van der Waals surface area contributed by atoms with E-state index < -0.39 is 11.6 Å². The maximum Gasteiger partial charge on any atom is 0.416 e. The van der Waals surface area contributed by atoms with E-state index >= 15 is 0 Å². The van der Waals surface area contributed by atoms with Crippen molar-refractivity contribution in [3.63, 3.8) is 0 Å². The average molecular weight is 622 g/mol. The molecule has 1 fully saturated rings. The molecule has 0 spiro atoms. The molecule has 4 aromatic heterocycles. The lowest BCUT2D eigenvalue weighted by molar-refractivity contribution is 0.196. The quantitative estimate of drug-likeness (QED) is 0.213. The molecule has 2 aromatic carbocycles. The van der Waals surface area contributed by atoms with Crippen molar-refractivity contribution in [1.29, 1.82) is 5.26 Å². The molecule has 226 valence electrons. The number of nitrogens with zero attached hydrogens (tertiary/aromatic N) is 6. The second-order valence-corrected chi connectivity index (χ2v) is 12.0. The molecule has 5 heterocycles. The highest BCUT2D eigenvalue weighted by atomic mass is 32.1. The number of thiazole rings is 1. The maximum atomic E-state index is 14.3. The molecule has 6 aromatic rings. The molecule has 10 nitrogen and oxygen atoms in total. The van der Waals surface area contributed by atoms with Crippen LogP contribution in [0, 0.1) is 17.1 Å². The van der Waals surface area contributed by atoms with Gasteiger partial charge in [0.1, 0.15) is 18.2 Å². The number of ether oxygens (including phenoxy) is 1. The third kappa shape index (κ3) is 6.26. The third-order valence-electron chi connectivity index (χ3n) is 8.11. The van der Waals surface area contributed by atoms with Crippen molar-refractivity contribution in [1.82, 2.24) is 29.4 Å². The Morgan fingerprint density at radius 2 is 2.00 bits per heavy atom. The molecule has 45 heavy (non-hydrogen) atoms. The van der Waals surface area contributed by atoms with Crippen LogP contribution in [0.15, 0.2) is 81.7 Å². The lowest BCUT2D eigenvalue weighted by Gasteiger charge is -2.31. The Bertz CT molecular complexity index is 2050. The largest absolute Gasteiger partial charge is 0.473 e. The van der Waals surface area contributed by atoms with Crippen LogP contribution in [0.4, 0.5) is 4.39 Å². The molecule has 0 unspecified atom stereocenters. The molecule has 0 radical (unpaired) electrons. The van der Waals surface area contributed by atoms with E-state index in [4.69, 9.17) is 24.4 Å². The molecule has 12 heteroatoms. The van der Waals surface area contributed by atoms with Gasteiger partial charge in [0, 0.05) is 39.9 Å². The second-order valence-electron chi connectivity index (χ2n) is 11.0. The van der Waals surface area contributed by atoms with Gasteiger partial charge < -0.3 is 13.7 Å². The van der Waals surface area contributed by atoms with Gasteiger partial charge in [-0.1, -0.05) is 12.1 Å². The van der Waals surface area contributed by atoms with E-state index in [0.29, 0.717) is 30.3 Å². The summed E-state index contributed by atoms with van der Waals surface area (Å²) in [5.41, 5.74) is 6.11. The first kappa shape index (κ1) is 28.6. The molecule has 1 saturated heterocycles. The summed E-state index contributed by atoms with van der Waals surface area (Å²) < 4.78 is 27.6. The van der Waals surface area contributed by atoms with Crippen LogP contribution < -0.4 is 10.5 Å². The zero-order valence-corrected chi connectivity index (χ0v) is 25.0. The molecule has 0 bridgehead atoms. The molecule has 0 atom stereocenters. The number of likely N-dealkylation sites (tertiary alicyclic amines) is 1. The number of halogens is 1. The van der Waals surface area contributed by atoms with E-state index in [0.717, 1.165) is 58.9 Å². The van der Waals surface area contributed by atoms with Crippen LogP contribution in [0.1, 0.15) is 46.3 Å². The Morgan fingerprint density at radius 1 is 1.11 bits per heavy atom. The first-order chi connectivity index (χ1) is 22.0. The normalized spacial score (nSPS) is 14.1. The summed E-state index contributed by atoms with van der Waals surface area (Å²) in [7, 11) is 0. The summed E-state index contributed by atoms with van der Waals surface area (Å²) in [5, 5.41) is 8.96. The number of benzene rings is 2. The molecule has 1 aliphatic heterocycles. The van der Waals surface area contributed by atoms with Crippen LogP contribution in [0.2, 0.25) is 0 Å². The summed E-state index contributed by atoms with van der Waals surface area (Å²) in [6.45, 7) is 3.16. The minimum Gasteiger partial charge on any atom is -0.473 e. The van der Waals surface area contributed by atoms with Crippen LogP contribution in [0.5, 0.6) is 5.88 Å². The molecular weight excluding hydrogens is 593 g/mol. The van der Waals surface area contributed by atoms with Crippen LogP contribution in [0.3, 0.4) is 0 Å². The van der Waals surface area contributed by atoms with Crippen molar-refractivity contribution in [3.05, 3.63) is 116 Å². The summed E-state index contributed by atoms with van der Waals surface area (Å²) in [6, 6.07) is 17.9. The van der Waals surface area contributed by atoms with E-state index in [2.05, 4.69) is 19.4 Å². The fraction of sp³-hybridized carbons (Fsp3) is 0.242. The number of rotatable bonds is 9. The number of hydrogen-bond acceptors (Lipinski definition) is 9. The standard InChI is InChI=1S/C33H28FN7O3S/c34-26-12-21(14-35)4-5-24(26)19-43-32-3-1-2-27(39-32)22-8-10-40(11-9-22)18-31-38-28-7-6-23(30-16-37-33(42)44-30)13-29(28)41(31)17-25-15-36-20-45-25/h1-7,12-13,15-16,20,22H,8-11,17-19H2,(H,37,42). The minimum atomic E-state index is -0.486. The number of hydrogen-bond donors (Lipinski definition) is 1. The summed E-state index contributed by atoms with van der Waals surface area (Å²) in [6.07, 6.45) is 5.33. The Hall–Kier alpha value is -5.12. The van der Waals surface area contributed by atoms with Gasteiger partial charge in [-0.3, -0.25) is 14.9 Å². The smallest absolute Gasteiger partial charge is 0.416 e. The fourth-order valence-corrected chi connectivity index (χ4v) is 6.32. The van der Waals surface area contributed by atoms with E-state index in [9.17, 15) is 9.18 Å². The molecule has 0 amide bonds. The van der Waals surface area contributed by atoms with E-state index in [1.54, 1.807) is 35.7 Å². The second kappa shape index (κ2) is 12.5. The number of pyridine rings is 1. The van der Waals surface area contributed by atoms with Crippen molar-refractivity contribution >= 4 is 22.4 Å². The Labute approximate surface area is 261 Å². The Balaban J connectivity index is 1.04. The third-order valence-corrected chi connectivity index (χ3v) is 8.87. The predicted molar refractivity (Wildman–Crippen MR) is 166 cm³/mol. The number of fused-ring (bicyclic) bond motifs is 1. The number of oxazole rings is 1. The van der Waals surface area contributed by atoms with Gasteiger partial charge in [-0.15, -0.1) is 11.3 Å². The van der Waals surface area contributed by atoms with Crippen molar-refractivity contribution < 1.29 is 13.5 Å². The molecular formula is C33H28FN7O3S. The predicted octanol–water partition coefficient (Wildman–Crippen LogP) is 5.85. The number of piperidine rings is 1. The SMILES string of the molecule is N#Cc1ccc(COc2cccc(C3CCN(Cc4nc5ccc(-c6c[nH]c(=O)o6)cc5n4Cc4cncs4)CC3)n2)c(F)c1. The highest BCUT2D eigenvalue weighted by molar-refractivity contribution is 7.09. The van der Waals surface area contributed by atoms with Crippen LogP contribution in [0.25, 0.3) is 22.4 Å². The zero-order valence-electron chi connectivity index (χ0n) is 24.1. The molecule has 0 aliphatic carbocycles. The van der Waals surface area contributed by atoms with Gasteiger partial charge in [-0.2, -0.15) is 5.26 Å². The molecule has 1 N–H and O–H groups in total. The van der Waals surface area contributed by atoms with Gasteiger partial charge in [-0.25, -0.2) is 19.2 Å².